The van der Waals surface area contributed by atoms with Gasteiger partial charge in [0.1, 0.15) is 18.4 Å². The zero-order valence-corrected chi connectivity index (χ0v) is 20.1. The number of carbonyl (C=O) groups excluding carboxylic acids is 3. The fourth-order valence-electron chi connectivity index (χ4n) is 3.83. The Bertz CT molecular complexity index is 1300. The van der Waals surface area contributed by atoms with Crippen LogP contribution in [0.1, 0.15) is 30.5 Å². The van der Waals surface area contributed by atoms with Gasteiger partial charge in [-0.05, 0) is 61.0 Å². The van der Waals surface area contributed by atoms with Crippen LogP contribution in [0.4, 0.5) is 4.79 Å². The first-order chi connectivity index (χ1) is 16.4. The second-order valence-corrected chi connectivity index (χ2v) is 8.95. The molecule has 34 heavy (non-hydrogen) atoms. The van der Waals surface area contributed by atoms with Crippen molar-refractivity contribution in [3.8, 4) is 5.75 Å². The molecule has 0 saturated carbocycles. The van der Waals surface area contributed by atoms with Crippen molar-refractivity contribution in [2.45, 2.75) is 33.4 Å². The third-order valence-electron chi connectivity index (χ3n) is 5.52. The van der Waals surface area contributed by atoms with Gasteiger partial charge in [0.2, 0.25) is 0 Å². The second-order valence-electron chi connectivity index (χ2n) is 7.96. The van der Waals surface area contributed by atoms with Crippen LogP contribution in [0, 0.1) is 6.92 Å². The summed E-state index contributed by atoms with van der Waals surface area (Å²) in [5.41, 5.74) is 2.88. The number of imide groups is 1. The highest BCUT2D eigenvalue weighted by molar-refractivity contribution is 8.18. The van der Waals surface area contributed by atoms with Crippen LogP contribution in [0.15, 0.2) is 65.6 Å². The molecule has 1 aliphatic rings. The van der Waals surface area contributed by atoms with Crippen LogP contribution >= 0.6 is 11.8 Å². The molecule has 0 radical (unpaired) electrons. The average molecular weight is 476 g/mol. The number of nitrogens with zero attached hydrogens (tertiary/aromatic N) is 1. The normalized spacial score (nSPS) is 15.7. The van der Waals surface area contributed by atoms with E-state index in [9.17, 15) is 14.4 Å². The minimum absolute atomic E-state index is 0.173. The number of amides is 2. The monoisotopic (exact) mass is 475 g/mol. The van der Waals surface area contributed by atoms with E-state index in [4.69, 9.17) is 9.47 Å². The highest BCUT2D eigenvalue weighted by Crippen LogP contribution is 2.38. The van der Waals surface area contributed by atoms with Crippen LogP contribution in [0.3, 0.4) is 0 Å². The van der Waals surface area contributed by atoms with Crippen LogP contribution in [0.25, 0.3) is 16.8 Å². The Hall–Kier alpha value is -3.58. The average Bonchev–Trinajstić information content (AvgIpc) is 3.10. The fourth-order valence-corrected chi connectivity index (χ4v) is 4.72. The summed E-state index contributed by atoms with van der Waals surface area (Å²) in [7, 11) is 0. The number of hydrogen-bond acceptors (Lipinski definition) is 6. The summed E-state index contributed by atoms with van der Waals surface area (Å²) in [4.78, 5) is 39.0. The number of fused-ring (bicyclic) bond motifs is 1. The summed E-state index contributed by atoms with van der Waals surface area (Å²) in [5, 5.41) is 1.38. The number of thioether (sulfide) groups is 1. The molecule has 0 aromatic heterocycles. The summed E-state index contributed by atoms with van der Waals surface area (Å²) < 4.78 is 11.2. The molecule has 0 spiro atoms. The number of rotatable bonds is 7. The van der Waals surface area contributed by atoms with E-state index in [0.717, 1.165) is 38.6 Å². The lowest BCUT2D eigenvalue weighted by atomic mass is 10.0. The number of aryl methyl sites for hydroxylation is 1. The Labute approximate surface area is 202 Å². The molecule has 0 unspecified atom stereocenters. The van der Waals surface area contributed by atoms with Crippen molar-refractivity contribution in [2.75, 3.05) is 6.61 Å². The molecular formula is C27H25NO5S. The molecule has 0 N–H and O–H groups in total. The van der Waals surface area contributed by atoms with Gasteiger partial charge >= 0.3 is 5.97 Å². The molecule has 1 atom stereocenters. The van der Waals surface area contributed by atoms with Gasteiger partial charge in [0.15, 0.2) is 0 Å². The smallest absolute Gasteiger partial charge is 0.329 e. The van der Waals surface area contributed by atoms with Gasteiger partial charge in [0.25, 0.3) is 11.1 Å². The Morgan fingerprint density at radius 3 is 2.65 bits per heavy atom. The zero-order chi connectivity index (χ0) is 24.2. The first-order valence-electron chi connectivity index (χ1n) is 11.0. The van der Waals surface area contributed by atoms with Crippen molar-refractivity contribution in [1.82, 2.24) is 4.90 Å². The number of carbonyl (C=O) groups is 3. The third kappa shape index (κ3) is 4.84. The Balaban J connectivity index is 1.70. The molecule has 1 fully saturated rings. The number of esters is 1. The zero-order valence-electron chi connectivity index (χ0n) is 19.2. The van der Waals surface area contributed by atoms with E-state index < -0.39 is 23.2 Å². The molecule has 1 heterocycles. The Morgan fingerprint density at radius 1 is 1.09 bits per heavy atom. The van der Waals surface area contributed by atoms with Crippen molar-refractivity contribution in [1.29, 1.82) is 0 Å². The number of benzene rings is 3. The predicted molar refractivity (Wildman–Crippen MR) is 133 cm³/mol. The minimum atomic E-state index is -0.997. The second kappa shape index (κ2) is 10.1. The standard InChI is InChI=1S/C27H25NO5S/c1-4-32-26(30)18(3)28-25(29)24(34-27(28)31)15-22-21-11-6-5-10-20(21)12-13-23(22)33-16-19-9-7-8-17(2)14-19/h5-15,18H,4,16H2,1-3H3/b24-15+/t18-/m0/s1. The van der Waals surface area contributed by atoms with Gasteiger partial charge in [-0.3, -0.25) is 14.5 Å². The van der Waals surface area contributed by atoms with Crippen molar-refractivity contribution in [2.24, 2.45) is 0 Å². The third-order valence-corrected chi connectivity index (χ3v) is 6.41. The minimum Gasteiger partial charge on any atom is -0.488 e. The van der Waals surface area contributed by atoms with E-state index in [-0.39, 0.29) is 11.5 Å². The van der Waals surface area contributed by atoms with E-state index in [0.29, 0.717) is 17.9 Å². The molecule has 1 saturated heterocycles. The summed E-state index contributed by atoms with van der Waals surface area (Å²) in [6.07, 6.45) is 1.68. The predicted octanol–water partition coefficient (Wildman–Crippen LogP) is 5.72. The molecule has 3 aromatic rings. The van der Waals surface area contributed by atoms with Crippen LogP contribution in [-0.4, -0.2) is 34.7 Å². The van der Waals surface area contributed by atoms with Gasteiger partial charge in [0.05, 0.1) is 11.5 Å². The lowest BCUT2D eigenvalue weighted by Gasteiger charge is -2.19. The molecule has 2 amide bonds. The molecule has 4 rings (SSSR count). The van der Waals surface area contributed by atoms with Crippen LogP contribution in [0.5, 0.6) is 5.75 Å². The van der Waals surface area contributed by atoms with Gasteiger partial charge in [-0.15, -0.1) is 0 Å². The van der Waals surface area contributed by atoms with Crippen molar-refractivity contribution >= 4 is 45.7 Å². The summed E-state index contributed by atoms with van der Waals surface area (Å²) in [6, 6.07) is 18.7. The van der Waals surface area contributed by atoms with Gasteiger partial charge in [-0.25, -0.2) is 4.79 Å². The Kier molecular flexibility index (Phi) is 7.03. The lowest BCUT2D eigenvalue weighted by Crippen LogP contribution is -2.42. The summed E-state index contributed by atoms with van der Waals surface area (Å²) in [6.45, 7) is 5.73. The first-order valence-corrected chi connectivity index (χ1v) is 11.8. The highest BCUT2D eigenvalue weighted by Gasteiger charge is 2.41. The maximum atomic E-state index is 13.1. The molecular weight excluding hydrogens is 450 g/mol. The molecule has 6 nitrogen and oxygen atoms in total. The lowest BCUT2D eigenvalue weighted by molar-refractivity contribution is -0.150. The van der Waals surface area contributed by atoms with Crippen LogP contribution in [-0.2, 0) is 20.9 Å². The molecule has 7 heteroatoms. The largest absolute Gasteiger partial charge is 0.488 e. The molecule has 3 aromatic carbocycles. The first kappa shape index (κ1) is 23.6. The molecule has 174 valence electrons. The highest BCUT2D eigenvalue weighted by atomic mass is 32.2. The topological polar surface area (TPSA) is 72.9 Å². The fraction of sp³-hybridized carbons (Fsp3) is 0.222. The maximum absolute atomic E-state index is 13.1. The number of ether oxygens (including phenoxy) is 2. The Morgan fingerprint density at radius 2 is 1.88 bits per heavy atom. The van der Waals surface area contributed by atoms with Crippen LogP contribution in [0.2, 0.25) is 0 Å². The van der Waals surface area contributed by atoms with E-state index in [1.54, 1.807) is 13.0 Å². The quantitative estimate of drug-likeness (QED) is 0.322. The van der Waals surface area contributed by atoms with Gasteiger partial charge in [-0.1, -0.05) is 60.2 Å². The van der Waals surface area contributed by atoms with Gasteiger partial charge in [-0.2, -0.15) is 0 Å². The SMILES string of the molecule is CCOC(=O)[C@H](C)N1C(=O)S/C(=C/c2c(OCc3cccc(C)c3)ccc3ccccc23)C1=O. The molecule has 1 aliphatic heterocycles. The molecule has 0 aliphatic carbocycles. The van der Waals surface area contributed by atoms with Crippen LogP contribution < -0.4 is 4.74 Å². The maximum Gasteiger partial charge on any atom is 0.329 e. The van der Waals surface area contributed by atoms with E-state index in [1.807, 2.05) is 61.5 Å². The van der Waals surface area contributed by atoms with E-state index in [2.05, 4.69) is 6.07 Å². The van der Waals surface area contributed by atoms with Crippen molar-refractivity contribution < 1.29 is 23.9 Å². The van der Waals surface area contributed by atoms with Gasteiger partial charge in [0, 0.05) is 5.56 Å². The van der Waals surface area contributed by atoms with Crippen molar-refractivity contribution in [3.05, 3.63) is 82.3 Å². The van der Waals surface area contributed by atoms with E-state index >= 15 is 0 Å². The van der Waals surface area contributed by atoms with Crippen molar-refractivity contribution in [3.63, 3.8) is 0 Å². The van der Waals surface area contributed by atoms with E-state index in [1.165, 1.54) is 6.92 Å². The summed E-state index contributed by atoms with van der Waals surface area (Å²) in [5.74, 6) is -0.531. The number of hydrogen-bond donors (Lipinski definition) is 0. The summed E-state index contributed by atoms with van der Waals surface area (Å²) >= 11 is 0.809. The molecule has 0 bridgehead atoms. The van der Waals surface area contributed by atoms with Gasteiger partial charge < -0.3 is 9.47 Å².